The van der Waals surface area contributed by atoms with Crippen molar-refractivity contribution in [1.82, 2.24) is 0 Å². The minimum absolute atomic E-state index is 0.0759. The number of aromatic hydroxyl groups is 2. The second-order valence-electron chi connectivity index (χ2n) is 10.5. The number of allylic oxidation sites excluding steroid dienone is 1. The average Bonchev–Trinajstić information content (AvgIpc) is 2.86. The summed E-state index contributed by atoms with van der Waals surface area (Å²) in [5.74, 6) is -1.55. The van der Waals surface area contributed by atoms with Gasteiger partial charge in [-0.3, -0.25) is 4.79 Å². The van der Waals surface area contributed by atoms with Crippen LogP contribution in [-0.2, 0) is 23.8 Å². The molecule has 6 N–H and O–H groups in total. The fourth-order valence-electron chi connectivity index (χ4n) is 4.58. The molecule has 3 rings (SSSR count). The highest BCUT2D eigenvalue weighted by molar-refractivity contribution is 5.92. The molecular weight excluding hydrogens is 512 g/mol. The van der Waals surface area contributed by atoms with E-state index in [-0.39, 0.29) is 23.7 Å². The predicted octanol–water partition coefficient (Wildman–Crippen LogP) is 1.10. The van der Waals surface area contributed by atoms with Gasteiger partial charge in [0.25, 0.3) is 0 Å². The molecule has 5 unspecified atom stereocenters. The van der Waals surface area contributed by atoms with Crippen molar-refractivity contribution in [1.29, 1.82) is 0 Å². The average molecular weight is 549 g/mol. The molecular formula is C28H36O11. The molecule has 214 valence electrons. The molecule has 0 radical (unpaired) electrons. The normalized spacial score (nSPS) is 31.8. The number of ketones is 1. The first-order valence-corrected chi connectivity index (χ1v) is 12.5. The van der Waals surface area contributed by atoms with Crippen LogP contribution in [0.15, 0.2) is 48.1 Å². The molecule has 11 nitrogen and oxygen atoms in total. The minimum Gasteiger partial charge on any atom is -0.504 e. The molecule has 1 saturated heterocycles. The number of hydrogen-bond acceptors (Lipinski definition) is 11. The molecule has 1 fully saturated rings. The van der Waals surface area contributed by atoms with Crippen molar-refractivity contribution in [2.45, 2.75) is 76.5 Å². The zero-order chi connectivity index (χ0) is 29.1. The highest BCUT2D eigenvalue weighted by Crippen LogP contribution is 2.44. The Bertz CT molecular complexity index is 1150. The maximum atomic E-state index is 12.1. The summed E-state index contributed by atoms with van der Waals surface area (Å²) in [6, 6.07) is 3.96. The van der Waals surface area contributed by atoms with Crippen LogP contribution in [0.2, 0.25) is 0 Å². The Morgan fingerprint density at radius 2 is 1.85 bits per heavy atom. The summed E-state index contributed by atoms with van der Waals surface area (Å²) < 4.78 is 16.4. The fourth-order valence-corrected chi connectivity index (χ4v) is 4.58. The molecule has 2 aliphatic rings. The number of aliphatic hydroxyl groups is 4. The van der Waals surface area contributed by atoms with Crippen LogP contribution in [0, 0.1) is 5.41 Å². The summed E-state index contributed by atoms with van der Waals surface area (Å²) in [6.45, 7) is 6.37. The number of aliphatic hydroxyl groups excluding tert-OH is 3. The van der Waals surface area contributed by atoms with Crippen LogP contribution in [0.5, 0.6) is 11.5 Å². The van der Waals surface area contributed by atoms with E-state index in [4.69, 9.17) is 14.2 Å². The summed E-state index contributed by atoms with van der Waals surface area (Å²) in [6.07, 6.45) is -1.16. The zero-order valence-electron chi connectivity index (χ0n) is 22.2. The lowest BCUT2D eigenvalue weighted by Crippen LogP contribution is -2.59. The first-order valence-electron chi connectivity index (χ1n) is 12.5. The number of ether oxygens (including phenoxy) is 3. The lowest BCUT2D eigenvalue weighted by molar-refractivity contribution is -0.306. The van der Waals surface area contributed by atoms with Gasteiger partial charge in [0.2, 0.25) is 0 Å². The zero-order valence-corrected chi connectivity index (χ0v) is 22.2. The van der Waals surface area contributed by atoms with E-state index in [1.165, 1.54) is 36.4 Å². The van der Waals surface area contributed by atoms with E-state index < -0.39 is 60.4 Å². The van der Waals surface area contributed by atoms with Gasteiger partial charge in [0.05, 0.1) is 6.10 Å². The molecule has 1 aliphatic heterocycles. The summed E-state index contributed by atoms with van der Waals surface area (Å²) in [5, 5.41) is 61.2. The molecule has 1 aromatic carbocycles. The molecule has 1 aliphatic carbocycles. The van der Waals surface area contributed by atoms with Crippen LogP contribution in [0.3, 0.4) is 0 Å². The van der Waals surface area contributed by atoms with Gasteiger partial charge in [-0.1, -0.05) is 26.0 Å². The van der Waals surface area contributed by atoms with Crippen molar-refractivity contribution >= 4 is 17.8 Å². The maximum absolute atomic E-state index is 12.1. The summed E-state index contributed by atoms with van der Waals surface area (Å²) in [5.41, 5.74) is -1.28. The summed E-state index contributed by atoms with van der Waals surface area (Å²) in [4.78, 5) is 24.1. The summed E-state index contributed by atoms with van der Waals surface area (Å²) >= 11 is 0. The molecule has 0 saturated carbocycles. The van der Waals surface area contributed by atoms with Crippen molar-refractivity contribution in [3.05, 3.63) is 53.6 Å². The first-order chi connectivity index (χ1) is 18.1. The second-order valence-corrected chi connectivity index (χ2v) is 10.5. The molecule has 1 heterocycles. The van der Waals surface area contributed by atoms with Gasteiger partial charge in [0.1, 0.15) is 36.6 Å². The molecule has 0 spiro atoms. The number of carbonyl (C=O) groups is 2. The van der Waals surface area contributed by atoms with Gasteiger partial charge in [-0.15, -0.1) is 0 Å². The number of carbonyl (C=O) groups excluding carboxylic acids is 2. The molecule has 39 heavy (non-hydrogen) atoms. The van der Waals surface area contributed by atoms with E-state index in [2.05, 4.69) is 0 Å². The van der Waals surface area contributed by atoms with Gasteiger partial charge in [0, 0.05) is 17.9 Å². The van der Waals surface area contributed by atoms with Crippen LogP contribution in [-0.4, -0.2) is 91.4 Å². The van der Waals surface area contributed by atoms with Gasteiger partial charge in [0.15, 0.2) is 23.6 Å². The van der Waals surface area contributed by atoms with E-state index in [0.717, 1.165) is 6.08 Å². The number of benzene rings is 1. The Hall–Kier alpha value is -3.06. The third-order valence-electron chi connectivity index (χ3n) is 7.05. The molecule has 11 heteroatoms. The van der Waals surface area contributed by atoms with E-state index in [0.29, 0.717) is 11.1 Å². The lowest BCUT2D eigenvalue weighted by atomic mass is 9.64. The number of phenolic OH excluding ortho intramolecular Hbond substituents is 2. The van der Waals surface area contributed by atoms with E-state index in [1.807, 2.05) is 0 Å². The van der Waals surface area contributed by atoms with Crippen LogP contribution < -0.4 is 0 Å². The smallest absolute Gasteiger partial charge is 0.330 e. The summed E-state index contributed by atoms with van der Waals surface area (Å²) in [7, 11) is 0. The van der Waals surface area contributed by atoms with Crippen LogP contribution in [0.4, 0.5) is 0 Å². The molecule has 0 aromatic heterocycles. The van der Waals surface area contributed by atoms with Gasteiger partial charge in [-0.2, -0.15) is 0 Å². The number of esters is 1. The van der Waals surface area contributed by atoms with Crippen molar-refractivity contribution in [2.24, 2.45) is 5.41 Å². The standard InChI is InChI=1S/C28H36O11/c1-15-11-18(29)13-27(3,4)28(15,36)10-9-16(2)38-26-25(35)24(34)23(33)21(39-26)14-37-22(32)8-6-17-5-7-19(30)20(31)12-17/h5-12,16,21,23-26,30-31,33-36H,13-14H2,1-4H3/t16-,21?,23?,24?,25?,26?,28-/m1/s1. The molecule has 0 amide bonds. The number of hydrogen-bond donors (Lipinski definition) is 6. The highest BCUT2D eigenvalue weighted by Gasteiger charge is 2.47. The topological polar surface area (TPSA) is 183 Å². The van der Waals surface area contributed by atoms with Gasteiger partial charge in [-0.05, 0) is 55.3 Å². The van der Waals surface area contributed by atoms with Crippen LogP contribution in [0.25, 0.3) is 6.08 Å². The van der Waals surface area contributed by atoms with E-state index in [1.54, 1.807) is 33.8 Å². The fraction of sp³-hybridized carbons (Fsp3) is 0.500. The van der Waals surface area contributed by atoms with Crippen LogP contribution in [0.1, 0.15) is 39.7 Å². The Morgan fingerprint density at radius 3 is 2.49 bits per heavy atom. The van der Waals surface area contributed by atoms with Gasteiger partial charge < -0.3 is 44.8 Å². The van der Waals surface area contributed by atoms with Crippen molar-refractivity contribution in [2.75, 3.05) is 6.61 Å². The highest BCUT2D eigenvalue weighted by atomic mass is 16.7. The maximum Gasteiger partial charge on any atom is 0.330 e. The molecule has 7 atom stereocenters. The van der Waals surface area contributed by atoms with Crippen molar-refractivity contribution < 1.29 is 54.4 Å². The molecule has 0 bridgehead atoms. The quantitative estimate of drug-likeness (QED) is 0.118. The van der Waals surface area contributed by atoms with Crippen molar-refractivity contribution in [3.63, 3.8) is 0 Å². The monoisotopic (exact) mass is 548 g/mol. The first kappa shape index (κ1) is 30.5. The SMILES string of the molecule is CC1=CC(=O)CC(C)(C)[C@@]1(O)C=C[C@@H](C)OC1OC(COC(=O)C=Cc2ccc(O)c(O)c2)C(O)C(O)C1O. The Balaban J connectivity index is 1.61. The van der Waals surface area contributed by atoms with Gasteiger partial charge >= 0.3 is 5.97 Å². The Labute approximate surface area is 226 Å². The largest absolute Gasteiger partial charge is 0.504 e. The number of rotatable bonds is 8. The van der Waals surface area contributed by atoms with Crippen molar-refractivity contribution in [3.8, 4) is 11.5 Å². The van der Waals surface area contributed by atoms with E-state index >= 15 is 0 Å². The van der Waals surface area contributed by atoms with Crippen LogP contribution >= 0.6 is 0 Å². The molecule has 1 aromatic rings. The van der Waals surface area contributed by atoms with Gasteiger partial charge in [-0.25, -0.2) is 4.79 Å². The van der Waals surface area contributed by atoms with E-state index in [9.17, 15) is 40.2 Å². The Kier molecular flexibility index (Phi) is 9.37. The minimum atomic E-state index is -1.66. The second kappa shape index (κ2) is 12.0. The predicted molar refractivity (Wildman–Crippen MR) is 138 cm³/mol. The Morgan fingerprint density at radius 1 is 1.15 bits per heavy atom. The third-order valence-corrected chi connectivity index (χ3v) is 7.05. The lowest BCUT2D eigenvalue weighted by Gasteiger charge is -2.44. The third kappa shape index (κ3) is 6.93. The number of phenols is 2.